The van der Waals surface area contributed by atoms with Crippen molar-refractivity contribution in [1.29, 1.82) is 0 Å². The van der Waals surface area contributed by atoms with Crippen molar-refractivity contribution in [1.82, 2.24) is 20.1 Å². The molecule has 2 aliphatic rings. The molecule has 138 valence electrons. The van der Waals surface area contributed by atoms with Crippen molar-refractivity contribution in [2.75, 3.05) is 39.8 Å². The molecule has 1 aromatic rings. The number of piperidine rings is 1. The van der Waals surface area contributed by atoms with Gasteiger partial charge in [-0.25, -0.2) is 0 Å². The molecule has 5 nitrogen and oxygen atoms in total. The van der Waals surface area contributed by atoms with Gasteiger partial charge in [0.25, 0.3) is 0 Å². The Balaban J connectivity index is 1.55. The normalized spacial score (nSPS) is 23.8. The van der Waals surface area contributed by atoms with E-state index in [0.717, 1.165) is 51.1 Å². The molecule has 2 saturated heterocycles. The molecule has 25 heavy (non-hydrogen) atoms. The summed E-state index contributed by atoms with van der Waals surface area (Å²) in [5.74, 6) is 0.209. The second kappa shape index (κ2) is 8.28. The molecule has 2 fully saturated rings. The van der Waals surface area contributed by atoms with Crippen molar-refractivity contribution >= 4 is 5.91 Å². The molecule has 0 aliphatic carbocycles. The second-order valence-electron chi connectivity index (χ2n) is 7.86. The summed E-state index contributed by atoms with van der Waals surface area (Å²) in [4.78, 5) is 22.0. The van der Waals surface area contributed by atoms with Gasteiger partial charge in [-0.05, 0) is 69.9 Å². The van der Waals surface area contributed by atoms with Crippen LogP contribution < -0.4 is 5.32 Å². The second-order valence-corrected chi connectivity index (χ2v) is 7.86. The lowest BCUT2D eigenvalue weighted by Gasteiger charge is -2.37. The molecule has 0 unspecified atom stereocenters. The van der Waals surface area contributed by atoms with Crippen LogP contribution in [0.2, 0.25) is 0 Å². The summed E-state index contributed by atoms with van der Waals surface area (Å²) in [6.07, 6.45) is 7.18. The summed E-state index contributed by atoms with van der Waals surface area (Å²) in [5.41, 5.74) is 1.39. The van der Waals surface area contributed by atoms with E-state index in [2.05, 4.69) is 34.1 Å². The number of amides is 1. The highest BCUT2D eigenvalue weighted by Gasteiger charge is 2.47. The van der Waals surface area contributed by atoms with E-state index in [-0.39, 0.29) is 11.9 Å². The Morgan fingerprint density at radius 2 is 2.16 bits per heavy atom. The zero-order chi connectivity index (χ0) is 17.7. The standard InChI is InChI=1S/C20H32N4O/c1-3-12-24-16-20(8-13-23(2)14-9-20)15-18(24)19(25)22-11-7-17-6-4-5-10-21-17/h4-6,10,18H,3,7-9,11-16H2,1-2H3,(H,22,25)/t18-/m0/s1. The van der Waals surface area contributed by atoms with Gasteiger partial charge in [0.1, 0.15) is 0 Å². The van der Waals surface area contributed by atoms with Gasteiger partial charge in [-0.2, -0.15) is 0 Å². The molecule has 5 heteroatoms. The number of carbonyl (C=O) groups is 1. The van der Waals surface area contributed by atoms with E-state index in [4.69, 9.17) is 0 Å². The minimum Gasteiger partial charge on any atom is -0.354 e. The van der Waals surface area contributed by atoms with Crippen molar-refractivity contribution in [2.24, 2.45) is 5.41 Å². The summed E-state index contributed by atoms with van der Waals surface area (Å²) in [5, 5.41) is 3.16. The fourth-order valence-corrected chi connectivity index (χ4v) is 4.36. The van der Waals surface area contributed by atoms with Gasteiger partial charge in [0.05, 0.1) is 6.04 Å². The fourth-order valence-electron chi connectivity index (χ4n) is 4.36. The number of rotatable bonds is 6. The zero-order valence-electron chi connectivity index (χ0n) is 15.7. The first-order valence-electron chi connectivity index (χ1n) is 9.72. The molecule has 0 bridgehead atoms. The number of pyridine rings is 1. The van der Waals surface area contributed by atoms with Crippen molar-refractivity contribution in [3.05, 3.63) is 30.1 Å². The molecule has 0 radical (unpaired) electrons. The third-order valence-corrected chi connectivity index (χ3v) is 5.87. The lowest BCUT2D eigenvalue weighted by atomic mass is 9.76. The number of nitrogens with one attached hydrogen (secondary N) is 1. The highest BCUT2D eigenvalue weighted by atomic mass is 16.2. The van der Waals surface area contributed by atoms with E-state index in [0.29, 0.717) is 12.0 Å². The summed E-state index contributed by atoms with van der Waals surface area (Å²) < 4.78 is 0. The number of likely N-dealkylation sites (tertiary alicyclic amines) is 2. The van der Waals surface area contributed by atoms with Crippen LogP contribution in [-0.2, 0) is 11.2 Å². The first kappa shape index (κ1) is 18.3. The lowest BCUT2D eigenvalue weighted by molar-refractivity contribution is -0.125. The Labute approximate surface area is 151 Å². The van der Waals surface area contributed by atoms with E-state index in [1.165, 1.54) is 12.8 Å². The highest BCUT2D eigenvalue weighted by Crippen LogP contribution is 2.43. The van der Waals surface area contributed by atoms with E-state index in [9.17, 15) is 4.79 Å². The van der Waals surface area contributed by atoms with E-state index in [1.807, 2.05) is 18.2 Å². The number of aromatic nitrogens is 1. The van der Waals surface area contributed by atoms with Crippen LogP contribution in [0, 0.1) is 5.41 Å². The van der Waals surface area contributed by atoms with E-state index in [1.54, 1.807) is 6.20 Å². The molecule has 1 aromatic heterocycles. The molecule has 2 aliphatic heterocycles. The van der Waals surface area contributed by atoms with Crippen molar-refractivity contribution in [3.63, 3.8) is 0 Å². The third-order valence-electron chi connectivity index (χ3n) is 5.87. The predicted octanol–water partition coefficient (Wildman–Crippen LogP) is 1.94. The molecule has 3 rings (SSSR count). The summed E-state index contributed by atoms with van der Waals surface area (Å²) in [6, 6.07) is 5.98. The molecular weight excluding hydrogens is 312 g/mol. The number of hydrogen-bond donors (Lipinski definition) is 1. The van der Waals surface area contributed by atoms with Gasteiger partial charge in [0, 0.05) is 31.4 Å². The van der Waals surface area contributed by atoms with Gasteiger partial charge >= 0.3 is 0 Å². The highest BCUT2D eigenvalue weighted by molar-refractivity contribution is 5.82. The summed E-state index contributed by atoms with van der Waals surface area (Å²) in [6.45, 7) is 7.31. The lowest BCUT2D eigenvalue weighted by Crippen LogP contribution is -2.44. The predicted molar refractivity (Wildman–Crippen MR) is 100 cm³/mol. The van der Waals surface area contributed by atoms with Crippen LogP contribution >= 0.6 is 0 Å². The van der Waals surface area contributed by atoms with Crippen LogP contribution in [0.15, 0.2) is 24.4 Å². The quantitative estimate of drug-likeness (QED) is 0.857. The van der Waals surface area contributed by atoms with Crippen LogP contribution in [0.5, 0.6) is 0 Å². The number of carbonyl (C=O) groups excluding carboxylic acids is 1. The maximum atomic E-state index is 12.8. The Morgan fingerprint density at radius 1 is 1.36 bits per heavy atom. The minimum atomic E-state index is 0.0482. The smallest absolute Gasteiger partial charge is 0.237 e. The zero-order valence-corrected chi connectivity index (χ0v) is 15.7. The van der Waals surface area contributed by atoms with Crippen molar-refractivity contribution < 1.29 is 4.79 Å². The van der Waals surface area contributed by atoms with Crippen LogP contribution in [0.1, 0.15) is 38.3 Å². The Bertz CT molecular complexity index is 554. The molecule has 0 aromatic carbocycles. The number of hydrogen-bond acceptors (Lipinski definition) is 4. The van der Waals surface area contributed by atoms with Crippen molar-refractivity contribution in [3.8, 4) is 0 Å². The molecular formula is C20H32N4O. The molecule has 1 N–H and O–H groups in total. The van der Waals surface area contributed by atoms with Gasteiger partial charge in [-0.15, -0.1) is 0 Å². The maximum Gasteiger partial charge on any atom is 0.237 e. The van der Waals surface area contributed by atoms with Gasteiger partial charge < -0.3 is 10.2 Å². The van der Waals surface area contributed by atoms with Gasteiger partial charge in [-0.3, -0.25) is 14.7 Å². The largest absolute Gasteiger partial charge is 0.354 e. The Hall–Kier alpha value is -1.46. The molecule has 3 heterocycles. The monoisotopic (exact) mass is 344 g/mol. The van der Waals surface area contributed by atoms with E-state index < -0.39 is 0 Å². The average Bonchev–Trinajstić information content (AvgIpc) is 2.97. The van der Waals surface area contributed by atoms with Gasteiger partial charge in [0.2, 0.25) is 5.91 Å². The molecule has 1 spiro atoms. The number of nitrogens with zero attached hydrogens (tertiary/aromatic N) is 3. The molecule has 1 amide bonds. The van der Waals surface area contributed by atoms with Crippen LogP contribution in [0.3, 0.4) is 0 Å². The minimum absolute atomic E-state index is 0.0482. The average molecular weight is 345 g/mol. The Kier molecular flexibility index (Phi) is 6.07. The molecule has 1 atom stereocenters. The Morgan fingerprint density at radius 3 is 2.84 bits per heavy atom. The van der Waals surface area contributed by atoms with Gasteiger partial charge in [-0.1, -0.05) is 13.0 Å². The van der Waals surface area contributed by atoms with Crippen LogP contribution in [0.4, 0.5) is 0 Å². The topological polar surface area (TPSA) is 48.5 Å². The van der Waals surface area contributed by atoms with Crippen molar-refractivity contribution in [2.45, 2.75) is 45.1 Å². The first-order chi connectivity index (χ1) is 12.1. The molecule has 0 saturated carbocycles. The third kappa shape index (κ3) is 4.59. The summed E-state index contributed by atoms with van der Waals surface area (Å²) in [7, 11) is 2.20. The van der Waals surface area contributed by atoms with E-state index >= 15 is 0 Å². The fraction of sp³-hybridized carbons (Fsp3) is 0.700. The summed E-state index contributed by atoms with van der Waals surface area (Å²) >= 11 is 0. The SMILES string of the molecule is CCCN1CC2(CCN(C)CC2)C[C@H]1C(=O)NCCc1ccccn1. The van der Waals surface area contributed by atoms with Crippen LogP contribution in [0.25, 0.3) is 0 Å². The maximum absolute atomic E-state index is 12.8. The van der Waals surface area contributed by atoms with Gasteiger partial charge in [0.15, 0.2) is 0 Å². The van der Waals surface area contributed by atoms with Crippen LogP contribution in [-0.4, -0.2) is 66.5 Å². The first-order valence-corrected chi connectivity index (χ1v) is 9.72.